The van der Waals surface area contributed by atoms with Crippen molar-refractivity contribution in [2.75, 3.05) is 46.3 Å². The maximum Gasteiger partial charge on any atom is 0.0670 e. The summed E-state index contributed by atoms with van der Waals surface area (Å²) in [7, 11) is 2.03. The third kappa shape index (κ3) is 11.1. The lowest BCUT2D eigenvalue weighted by atomic mass is 10.2. The smallest absolute Gasteiger partial charge is 0.0670 e. The Morgan fingerprint density at radius 1 is 1.21 bits per heavy atom. The normalized spacial score (nSPS) is 14.9. The van der Waals surface area contributed by atoms with Crippen molar-refractivity contribution in [2.45, 2.75) is 32.0 Å². The lowest BCUT2D eigenvalue weighted by molar-refractivity contribution is 0.0679. The third-order valence-electron chi connectivity index (χ3n) is 3.00. The summed E-state index contributed by atoms with van der Waals surface area (Å²) in [5.41, 5.74) is 5.51. The van der Waals surface area contributed by atoms with Gasteiger partial charge in [-0.1, -0.05) is 6.08 Å². The molecule has 0 bridgehead atoms. The van der Waals surface area contributed by atoms with Crippen molar-refractivity contribution in [3.63, 3.8) is 0 Å². The summed E-state index contributed by atoms with van der Waals surface area (Å²) in [6, 6.07) is 0. The Bertz CT molecular complexity index is 225. The maximum absolute atomic E-state index is 9.93. The second kappa shape index (κ2) is 11.4. The number of likely N-dealkylation sites (N-methyl/N-ethyl adjacent to an activating group) is 1. The van der Waals surface area contributed by atoms with Gasteiger partial charge in [0.15, 0.2) is 0 Å². The number of nitrogens with zero attached hydrogens (tertiary/aromatic N) is 2. The lowest BCUT2D eigenvalue weighted by Gasteiger charge is -2.28. The number of allylic oxidation sites excluding steroid dienone is 1. The summed E-state index contributed by atoms with van der Waals surface area (Å²) >= 11 is 0. The van der Waals surface area contributed by atoms with Gasteiger partial charge < -0.3 is 20.8 Å². The summed E-state index contributed by atoms with van der Waals surface area (Å²) in [5, 5.41) is 19.4. The molecule has 0 aliphatic carbocycles. The summed E-state index contributed by atoms with van der Waals surface area (Å²) in [6.45, 7) is 9.83. The summed E-state index contributed by atoms with van der Waals surface area (Å²) in [6.07, 6.45) is 2.61. The Balaban J connectivity index is 4.10. The molecule has 0 aromatic carbocycles. The van der Waals surface area contributed by atoms with E-state index in [2.05, 4.69) is 16.4 Å². The summed E-state index contributed by atoms with van der Waals surface area (Å²) in [4.78, 5) is 4.26. The number of aliphatic hydroxyl groups is 2. The molecule has 0 heterocycles. The van der Waals surface area contributed by atoms with Crippen LogP contribution in [0, 0.1) is 0 Å². The molecule has 0 radical (unpaired) electrons. The fraction of sp³-hybridized carbons (Fsp3) is 0.857. The van der Waals surface area contributed by atoms with E-state index in [4.69, 9.17) is 5.73 Å². The zero-order valence-electron chi connectivity index (χ0n) is 12.5. The van der Waals surface area contributed by atoms with Crippen LogP contribution in [-0.2, 0) is 0 Å². The van der Waals surface area contributed by atoms with Crippen LogP contribution in [0.1, 0.15) is 19.8 Å². The average molecular weight is 273 g/mol. The van der Waals surface area contributed by atoms with Crippen molar-refractivity contribution in [2.24, 2.45) is 5.73 Å². The minimum absolute atomic E-state index is 0.364. The molecule has 0 spiro atoms. The number of aliphatic hydroxyl groups excluding tert-OH is 2. The fourth-order valence-electron chi connectivity index (χ4n) is 1.97. The molecule has 5 nitrogen and oxygen atoms in total. The molecular formula is C14H31N3O2. The molecule has 114 valence electrons. The van der Waals surface area contributed by atoms with E-state index < -0.39 is 0 Å². The Morgan fingerprint density at radius 3 is 2.42 bits per heavy atom. The molecule has 0 saturated carbocycles. The predicted molar refractivity (Wildman–Crippen MR) is 80.1 cm³/mol. The van der Waals surface area contributed by atoms with Crippen LogP contribution in [-0.4, -0.2) is 78.5 Å². The number of nitrogens with two attached hydrogens (primary N) is 1. The van der Waals surface area contributed by atoms with Crippen LogP contribution < -0.4 is 5.73 Å². The predicted octanol–water partition coefficient (Wildman–Crippen LogP) is -0.113. The van der Waals surface area contributed by atoms with Crippen molar-refractivity contribution in [3.8, 4) is 0 Å². The molecule has 0 aromatic rings. The van der Waals surface area contributed by atoms with Crippen LogP contribution in [0.25, 0.3) is 0 Å². The first kappa shape index (κ1) is 18.5. The van der Waals surface area contributed by atoms with Gasteiger partial charge in [-0.2, -0.15) is 0 Å². The first-order chi connectivity index (χ1) is 8.99. The Morgan fingerprint density at radius 2 is 1.89 bits per heavy atom. The zero-order valence-corrected chi connectivity index (χ0v) is 12.5. The zero-order chi connectivity index (χ0) is 14.7. The standard InChI is InChI=1S/C14H31N3O2/c1-4-5-6-14(19)12-17(11-13(2)18)10-9-16(3)8-7-15/h4,13-14,18-19H,1,5-12,15H2,2-3H3. The van der Waals surface area contributed by atoms with Crippen LogP contribution in [0.5, 0.6) is 0 Å². The molecule has 0 aliphatic heterocycles. The van der Waals surface area contributed by atoms with Crippen LogP contribution in [0.2, 0.25) is 0 Å². The second-order valence-corrected chi connectivity index (χ2v) is 5.22. The first-order valence-electron chi connectivity index (χ1n) is 7.07. The lowest BCUT2D eigenvalue weighted by Crippen LogP contribution is -2.42. The van der Waals surface area contributed by atoms with E-state index in [1.54, 1.807) is 6.92 Å². The van der Waals surface area contributed by atoms with Gasteiger partial charge in [-0.05, 0) is 26.8 Å². The first-order valence-corrected chi connectivity index (χ1v) is 7.07. The van der Waals surface area contributed by atoms with Gasteiger partial charge in [0.2, 0.25) is 0 Å². The van der Waals surface area contributed by atoms with Gasteiger partial charge in [0.1, 0.15) is 0 Å². The summed E-state index contributed by atoms with van der Waals surface area (Å²) < 4.78 is 0. The molecule has 0 saturated heterocycles. The number of hydrogen-bond donors (Lipinski definition) is 3. The molecule has 0 fully saturated rings. The molecule has 19 heavy (non-hydrogen) atoms. The van der Waals surface area contributed by atoms with Crippen LogP contribution in [0.4, 0.5) is 0 Å². The highest BCUT2D eigenvalue weighted by molar-refractivity contribution is 4.73. The van der Waals surface area contributed by atoms with Gasteiger partial charge in [0, 0.05) is 39.3 Å². The molecule has 2 atom stereocenters. The highest BCUT2D eigenvalue weighted by Gasteiger charge is 2.13. The van der Waals surface area contributed by atoms with Crippen LogP contribution in [0.15, 0.2) is 12.7 Å². The Labute approximate surface area is 117 Å². The number of rotatable bonds is 12. The molecule has 0 aliphatic rings. The van der Waals surface area contributed by atoms with Crippen molar-refractivity contribution in [1.82, 2.24) is 9.80 Å². The molecule has 0 aromatic heterocycles. The van der Waals surface area contributed by atoms with Crippen LogP contribution in [0.3, 0.4) is 0 Å². The van der Waals surface area contributed by atoms with E-state index in [1.165, 1.54) is 0 Å². The highest BCUT2D eigenvalue weighted by Crippen LogP contribution is 2.02. The van der Waals surface area contributed by atoms with Gasteiger partial charge in [0.25, 0.3) is 0 Å². The molecule has 5 heteroatoms. The minimum Gasteiger partial charge on any atom is -0.392 e. The van der Waals surface area contributed by atoms with E-state index >= 15 is 0 Å². The van der Waals surface area contributed by atoms with E-state index in [-0.39, 0.29) is 12.2 Å². The Hall–Kier alpha value is -0.460. The van der Waals surface area contributed by atoms with Crippen molar-refractivity contribution < 1.29 is 10.2 Å². The minimum atomic E-state index is -0.383. The van der Waals surface area contributed by atoms with E-state index in [9.17, 15) is 10.2 Å². The molecule has 2 unspecified atom stereocenters. The second-order valence-electron chi connectivity index (χ2n) is 5.22. The molecule has 4 N–H and O–H groups in total. The van der Waals surface area contributed by atoms with Crippen molar-refractivity contribution >= 4 is 0 Å². The fourth-order valence-corrected chi connectivity index (χ4v) is 1.97. The van der Waals surface area contributed by atoms with Gasteiger partial charge in [-0.25, -0.2) is 0 Å². The maximum atomic E-state index is 9.93. The Kier molecular flexibility index (Phi) is 11.1. The largest absolute Gasteiger partial charge is 0.392 e. The monoisotopic (exact) mass is 273 g/mol. The molecule has 0 rings (SSSR count). The van der Waals surface area contributed by atoms with Gasteiger partial charge >= 0.3 is 0 Å². The van der Waals surface area contributed by atoms with E-state index in [0.29, 0.717) is 19.6 Å². The molecule has 0 amide bonds. The van der Waals surface area contributed by atoms with Crippen molar-refractivity contribution in [1.29, 1.82) is 0 Å². The quantitative estimate of drug-likeness (QED) is 0.433. The van der Waals surface area contributed by atoms with Gasteiger partial charge in [-0.15, -0.1) is 6.58 Å². The molecular weight excluding hydrogens is 242 g/mol. The van der Waals surface area contributed by atoms with Gasteiger partial charge in [0.05, 0.1) is 12.2 Å². The summed E-state index contributed by atoms with van der Waals surface area (Å²) in [5.74, 6) is 0. The SMILES string of the molecule is C=CCCC(O)CN(CCN(C)CCN)CC(C)O. The van der Waals surface area contributed by atoms with Crippen LogP contribution >= 0.6 is 0 Å². The van der Waals surface area contributed by atoms with E-state index in [1.807, 2.05) is 13.1 Å². The number of hydrogen-bond acceptors (Lipinski definition) is 5. The third-order valence-corrected chi connectivity index (χ3v) is 3.00. The average Bonchev–Trinajstić information content (AvgIpc) is 2.33. The van der Waals surface area contributed by atoms with Crippen molar-refractivity contribution in [3.05, 3.63) is 12.7 Å². The van der Waals surface area contributed by atoms with Gasteiger partial charge in [-0.3, -0.25) is 4.90 Å². The van der Waals surface area contributed by atoms with E-state index in [0.717, 1.165) is 32.5 Å². The highest BCUT2D eigenvalue weighted by atomic mass is 16.3. The topological polar surface area (TPSA) is 73.0 Å².